The van der Waals surface area contributed by atoms with Crippen molar-refractivity contribution in [1.82, 2.24) is 4.98 Å². The van der Waals surface area contributed by atoms with Gasteiger partial charge in [-0.05, 0) is 60.8 Å². The Balaban J connectivity index is 1.69. The van der Waals surface area contributed by atoms with E-state index < -0.39 is 54.0 Å². The zero-order valence-electron chi connectivity index (χ0n) is 23.6. The summed E-state index contributed by atoms with van der Waals surface area (Å²) in [7, 11) is -7.37. The molecule has 0 saturated heterocycles. The molecule has 3 aromatic rings. The van der Waals surface area contributed by atoms with E-state index in [0.717, 1.165) is 62.6 Å². The molecule has 234 valence electrons. The number of benzene rings is 2. The monoisotopic (exact) mass is 661 g/mol. The molecule has 1 fully saturated rings. The maximum atomic E-state index is 14.2. The third-order valence-electron chi connectivity index (χ3n) is 7.26. The number of rotatable bonds is 9. The number of carboxylic acids is 1. The van der Waals surface area contributed by atoms with Crippen molar-refractivity contribution in [2.75, 3.05) is 22.8 Å². The van der Waals surface area contributed by atoms with Crippen molar-refractivity contribution in [3.63, 3.8) is 0 Å². The maximum Gasteiger partial charge on any atom is 0.417 e. The van der Waals surface area contributed by atoms with E-state index in [9.17, 15) is 39.9 Å². The van der Waals surface area contributed by atoms with Crippen LogP contribution in [0, 0.1) is 5.41 Å². The van der Waals surface area contributed by atoms with E-state index in [1.54, 1.807) is 6.07 Å². The highest BCUT2D eigenvalue weighted by Crippen LogP contribution is 2.45. The van der Waals surface area contributed by atoms with Crippen LogP contribution in [0.2, 0.25) is 0 Å². The highest BCUT2D eigenvalue weighted by Gasteiger charge is 2.36. The van der Waals surface area contributed by atoms with Crippen molar-refractivity contribution in [2.45, 2.75) is 56.7 Å². The molecule has 0 radical (unpaired) electrons. The number of hydrogen-bond donors (Lipinski definition) is 3. The molecule has 0 spiro atoms. The number of halogens is 3. The van der Waals surface area contributed by atoms with Gasteiger partial charge in [-0.3, -0.25) is 9.44 Å². The van der Waals surface area contributed by atoms with E-state index in [1.807, 2.05) is 4.72 Å². The second kappa shape index (κ2) is 11.6. The molecular weight excluding hydrogens is 632 g/mol. The van der Waals surface area contributed by atoms with E-state index in [2.05, 4.69) is 23.6 Å². The summed E-state index contributed by atoms with van der Waals surface area (Å²) in [6.45, 7) is 4.28. The number of ether oxygens (including phenoxy) is 1. The number of anilines is 2. The van der Waals surface area contributed by atoms with E-state index in [1.165, 1.54) is 6.07 Å². The minimum atomic E-state index is -4.72. The number of methoxy groups -OCH3 is 1. The van der Waals surface area contributed by atoms with Gasteiger partial charge in [0.05, 0.1) is 35.9 Å². The van der Waals surface area contributed by atoms with Gasteiger partial charge in [0.1, 0.15) is 10.8 Å². The second-order valence-corrected chi connectivity index (χ2v) is 15.4. The molecular formula is C27H30F3N3O7S3. The van der Waals surface area contributed by atoms with E-state index >= 15 is 0 Å². The third kappa shape index (κ3) is 7.59. The smallest absolute Gasteiger partial charge is 0.417 e. The quantitative estimate of drug-likeness (QED) is 0.239. The lowest BCUT2D eigenvalue weighted by Gasteiger charge is -2.34. The fourth-order valence-corrected chi connectivity index (χ4v) is 7.73. The number of nitrogens with zero attached hydrogens (tertiary/aromatic N) is 1. The minimum absolute atomic E-state index is 0.0100. The number of alkyl halides is 3. The van der Waals surface area contributed by atoms with Gasteiger partial charge in [-0.25, -0.2) is 18.2 Å². The fourth-order valence-electron chi connectivity index (χ4n) is 4.96. The Morgan fingerprint density at radius 2 is 1.72 bits per heavy atom. The highest BCUT2D eigenvalue weighted by molar-refractivity contribution is 7.92. The van der Waals surface area contributed by atoms with Crippen molar-refractivity contribution >= 4 is 48.7 Å². The van der Waals surface area contributed by atoms with Gasteiger partial charge in [-0.2, -0.15) is 21.6 Å². The number of hydrogen-bond acceptors (Lipinski definition) is 8. The highest BCUT2D eigenvalue weighted by atomic mass is 32.2. The number of carbonyl (C=O) groups is 1. The predicted molar refractivity (Wildman–Crippen MR) is 157 cm³/mol. The van der Waals surface area contributed by atoms with Crippen LogP contribution in [0.3, 0.4) is 0 Å². The molecule has 0 bridgehead atoms. The van der Waals surface area contributed by atoms with Crippen LogP contribution in [0.25, 0.3) is 10.6 Å². The van der Waals surface area contributed by atoms with E-state index in [4.69, 9.17) is 4.74 Å². The Morgan fingerprint density at radius 1 is 1.07 bits per heavy atom. The van der Waals surface area contributed by atoms with Crippen molar-refractivity contribution in [3.05, 3.63) is 52.4 Å². The average molecular weight is 662 g/mol. The first-order chi connectivity index (χ1) is 19.8. The number of thiazole rings is 1. The molecule has 1 aromatic heterocycles. The van der Waals surface area contributed by atoms with Crippen LogP contribution < -0.4 is 14.2 Å². The Morgan fingerprint density at radius 3 is 2.28 bits per heavy atom. The van der Waals surface area contributed by atoms with Gasteiger partial charge >= 0.3 is 12.1 Å². The van der Waals surface area contributed by atoms with Gasteiger partial charge in [-0.15, -0.1) is 11.3 Å². The normalized spacial score (nSPS) is 16.1. The van der Waals surface area contributed by atoms with Crippen LogP contribution >= 0.6 is 11.3 Å². The number of carboxylic acid groups (broad SMARTS) is 1. The second-order valence-electron chi connectivity index (χ2n) is 11.1. The molecule has 1 aliphatic rings. The third-order valence-corrected chi connectivity index (χ3v) is 10.1. The molecule has 1 heterocycles. The van der Waals surface area contributed by atoms with Gasteiger partial charge in [-0.1, -0.05) is 26.0 Å². The standard InChI is InChI=1S/C27H30F3N3O7S3/c1-26(2)9-7-15(8-10-26)16-5-6-17(19(11-16)27(28,29)30)24-31-23(14-41-24)43(38,39)33-21-13-20(32-42(4,36)37)18(25(34)35)12-22(21)40-3/h5-6,11-15,32-33H,7-10H2,1-4H3,(H,34,35). The van der Waals surface area contributed by atoms with Crippen LogP contribution in [-0.4, -0.2) is 46.3 Å². The zero-order chi connectivity index (χ0) is 32.0. The Bertz CT molecular complexity index is 1760. The maximum absolute atomic E-state index is 14.2. The summed E-state index contributed by atoms with van der Waals surface area (Å²) in [5.74, 6) is -1.78. The largest absolute Gasteiger partial charge is 0.495 e. The first-order valence-corrected chi connectivity index (χ1v) is 17.2. The summed E-state index contributed by atoms with van der Waals surface area (Å²) in [5.41, 5.74) is -1.73. The van der Waals surface area contributed by atoms with Crippen molar-refractivity contribution in [2.24, 2.45) is 5.41 Å². The summed E-state index contributed by atoms with van der Waals surface area (Å²) in [5, 5.41) is 9.77. The van der Waals surface area contributed by atoms with Crippen LogP contribution in [-0.2, 0) is 26.2 Å². The first kappa shape index (κ1) is 32.5. The number of sulfonamides is 2. The molecule has 1 saturated carbocycles. The molecule has 0 atom stereocenters. The predicted octanol–water partition coefficient (Wildman–Crippen LogP) is 6.39. The fraction of sp³-hybridized carbons (Fsp3) is 0.407. The first-order valence-electron chi connectivity index (χ1n) is 12.9. The number of aromatic nitrogens is 1. The van der Waals surface area contributed by atoms with Crippen molar-refractivity contribution in [3.8, 4) is 16.3 Å². The van der Waals surface area contributed by atoms with Crippen LogP contribution in [0.4, 0.5) is 24.5 Å². The topological polar surface area (TPSA) is 152 Å². The van der Waals surface area contributed by atoms with Gasteiger partial charge in [0, 0.05) is 10.9 Å². The SMILES string of the molecule is COc1cc(C(=O)O)c(NS(C)(=O)=O)cc1NS(=O)(=O)c1csc(-c2ccc(C3CCC(C)(C)CC3)cc2C(F)(F)F)n1. The molecule has 2 aromatic carbocycles. The Labute approximate surface area is 251 Å². The Kier molecular flexibility index (Phi) is 8.79. The summed E-state index contributed by atoms with van der Waals surface area (Å²) in [4.78, 5) is 15.6. The Hall–Kier alpha value is -3.37. The summed E-state index contributed by atoms with van der Waals surface area (Å²) < 4.78 is 102. The lowest BCUT2D eigenvalue weighted by atomic mass is 9.71. The van der Waals surface area contributed by atoms with E-state index in [-0.39, 0.29) is 33.3 Å². The molecule has 16 heteroatoms. The van der Waals surface area contributed by atoms with Crippen molar-refractivity contribution in [1.29, 1.82) is 0 Å². The van der Waals surface area contributed by atoms with E-state index in [0.29, 0.717) is 16.9 Å². The molecule has 0 amide bonds. The molecule has 43 heavy (non-hydrogen) atoms. The molecule has 10 nitrogen and oxygen atoms in total. The molecule has 0 aliphatic heterocycles. The van der Waals surface area contributed by atoms with Gasteiger partial charge in [0.15, 0.2) is 5.03 Å². The van der Waals surface area contributed by atoms with Gasteiger partial charge < -0.3 is 9.84 Å². The minimum Gasteiger partial charge on any atom is -0.495 e. The zero-order valence-corrected chi connectivity index (χ0v) is 26.0. The summed E-state index contributed by atoms with van der Waals surface area (Å²) in [6.07, 6.45) is -0.597. The van der Waals surface area contributed by atoms with Gasteiger partial charge in [0.2, 0.25) is 10.0 Å². The molecule has 4 rings (SSSR count). The van der Waals surface area contributed by atoms with Crippen LogP contribution in [0.1, 0.15) is 66.9 Å². The number of nitrogens with one attached hydrogen (secondary N) is 2. The van der Waals surface area contributed by atoms with Crippen molar-refractivity contribution < 1.29 is 44.6 Å². The average Bonchev–Trinajstić information content (AvgIpc) is 3.38. The number of aromatic carboxylic acids is 1. The van der Waals surface area contributed by atoms with Crippen LogP contribution in [0.15, 0.2) is 40.7 Å². The molecule has 0 unspecified atom stereocenters. The summed E-state index contributed by atoms with van der Waals surface area (Å²) >= 11 is 0.708. The van der Waals surface area contributed by atoms with Gasteiger partial charge in [0.25, 0.3) is 10.0 Å². The molecule has 3 N–H and O–H groups in total. The lowest BCUT2D eigenvalue weighted by Crippen LogP contribution is -2.20. The van der Waals surface area contributed by atoms with Crippen LogP contribution in [0.5, 0.6) is 5.75 Å². The summed E-state index contributed by atoms with van der Waals surface area (Å²) in [6, 6.07) is 5.91. The lowest BCUT2D eigenvalue weighted by molar-refractivity contribution is -0.137. The molecule has 1 aliphatic carbocycles.